The number of amides is 8. The average molecular weight is 984 g/mol. The van der Waals surface area contributed by atoms with E-state index in [1.54, 1.807) is 53.6 Å². The lowest BCUT2D eigenvalue weighted by molar-refractivity contribution is -0.143. The van der Waals surface area contributed by atoms with Gasteiger partial charge in [0, 0.05) is 52.8 Å². The van der Waals surface area contributed by atoms with E-state index in [0.717, 1.165) is 25.5 Å². The zero-order valence-corrected chi connectivity index (χ0v) is 39.8. The molecule has 2 fully saturated rings. The Hall–Kier alpha value is -6.98. The maximum atomic E-state index is 15.1. The molecule has 1 unspecified atom stereocenters. The highest BCUT2D eigenvalue weighted by atomic mass is 32.1. The summed E-state index contributed by atoms with van der Waals surface area (Å²) in [5.74, 6) is -6.80. The number of para-hydroxylation sites is 1. The third-order valence-electron chi connectivity index (χ3n) is 12.6. The molecule has 0 bridgehead atoms. The summed E-state index contributed by atoms with van der Waals surface area (Å²) in [6.07, 6.45) is 3.48. The molecule has 1 aromatic carbocycles. The zero-order chi connectivity index (χ0) is 49.4. The summed E-state index contributed by atoms with van der Waals surface area (Å²) >= 11 is 3.15. The first-order valence-electron chi connectivity index (χ1n) is 22.8. The number of H-pyrrole nitrogens is 1. The third-order valence-corrected chi connectivity index (χ3v) is 14.7. The lowest BCUT2D eigenvalue weighted by Gasteiger charge is -2.33. The Morgan fingerprint density at radius 2 is 1.62 bits per heavy atom. The van der Waals surface area contributed by atoms with Crippen LogP contribution in [0.2, 0.25) is 0 Å². The molecule has 8 atom stereocenters. The van der Waals surface area contributed by atoms with E-state index in [9.17, 15) is 33.6 Å². The molecule has 0 spiro atoms. The minimum Gasteiger partial charge on any atom is -0.370 e. The van der Waals surface area contributed by atoms with Gasteiger partial charge in [0.2, 0.25) is 47.3 Å². The minimum atomic E-state index is -1.58. The number of carbonyl (C=O) groups is 8. The van der Waals surface area contributed by atoms with Gasteiger partial charge in [0.05, 0.1) is 36.0 Å². The number of fused-ring (bicyclic) bond motifs is 2. The van der Waals surface area contributed by atoms with Gasteiger partial charge < -0.3 is 53.7 Å². The van der Waals surface area contributed by atoms with E-state index in [4.69, 9.17) is 17.2 Å². The van der Waals surface area contributed by atoms with Gasteiger partial charge in [0.25, 0.3) is 0 Å². The van der Waals surface area contributed by atoms with Crippen molar-refractivity contribution in [3.05, 3.63) is 71.9 Å². The Morgan fingerprint density at radius 3 is 2.36 bits per heavy atom. The number of carbonyl (C=O) groups excluding carboxylic acids is 8. The highest BCUT2D eigenvalue weighted by Gasteiger charge is 2.45. The lowest BCUT2D eigenvalue weighted by atomic mass is 9.96. The fourth-order valence-corrected chi connectivity index (χ4v) is 10.3. The molecule has 0 radical (unpaired) electrons. The maximum Gasteiger partial charge on any atom is 0.246 e. The van der Waals surface area contributed by atoms with Gasteiger partial charge >= 0.3 is 0 Å². The van der Waals surface area contributed by atoms with E-state index < -0.39 is 108 Å². The molecule has 4 aromatic heterocycles. The SMILES string of the molecule is CCC(C)[C@@H]1NC(=O)[C@H](CC(N)=O)NC(=O)[C@@H](N)CC(=O)NCCCC[C@@H](C(N)=O)NC(=O)[C@H](Cc2c[nH]c3ccccc23)NC(=O)[C@@H]2C[C@H](n3cc(-c4ccc(-c5cccs5)s4)nn3)CN2C1=O. The predicted octanol–water partition coefficient (Wildman–Crippen LogP) is 0.965. The zero-order valence-electron chi connectivity index (χ0n) is 38.1. The monoisotopic (exact) mass is 983 g/mol. The van der Waals surface area contributed by atoms with Gasteiger partial charge in [-0.05, 0) is 60.4 Å². The first-order valence-corrected chi connectivity index (χ1v) is 24.5. The van der Waals surface area contributed by atoms with Gasteiger partial charge in [-0.1, -0.05) is 49.7 Å². The summed E-state index contributed by atoms with van der Waals surface area (Å²) in [4.78, 5) is 117. The predicted molar refractivity (Wildman–Crippen MR) is 257 cm³/mol. The highest BCUT2D eigenvalue weighted by molar-refractivity contribution is 7.23. The molecule has 366 valence electrons. The number of nitrogens with one attached hydrogen (secondary N) is 6. The van der Waals surface area contributed by atoms with Gasteiger partial charge in [-0.2, -0.15) is 0 Å². The summed E-state index contributed by atoms with van der Waals surface area (Å²) < 4.78 is 1.59. The van der Waals surface area contributed by atoms with Crippen molar-refractivity contribution < 1.29 is 38.4 Å². The largest absolute Gasteiger partial charge is 0.370 e. The summed E-state index contributed by atoms with van der Waals surface area (Å²) in [7, 11) is 0. The lowest BCUT2D eigenvalue weighted by Crippen LogP contribution is -2.60. The van der Waals surface area contributed by atoms with Crippen LogP contribution in [0.25, 0.3) is 31.2 Å². The molecule has 23 heteroatoms. The number of nitrogens with zero attached hydrogens (tertiary/aromatic N) is 4. The van der Waals surface area contributed by atoms with Crippen LogP contribution in [0, 0.1) is 5.92 Å². The Bertz CT molecular complexity index is 2680. The number of hydrogen-bond acceptors (Lipinski definition) is 13. The molecule has 6 heterocycles. The van der Waals surface area contributed by atoms with Crippen LogP contribution in [0.5, 0.6) is 0 Å². The van der Waals surface area contributed by atoms with Crippen molar-refractivity contribution in [3.8, 4) is 20.3 Å². The van der Waals surface area contributed by atoms with Crippen LogP contribution in [0.3, 0.4) is 0 Å². The number of thiophene rings is 2. The molecule has 7 rings (SSSR count). The van der Waals surface area contributed by atoms with Crippen molar-refractivity contribution in [1.82, 2.24) is 51.5 Å². The fourth-order valence-electron chi connectivity index (χ4n) is 8.52. The van der Waals surface area contributed by atoms with E-state index in [-0.39, 0.29) is 32.4 Å². The maximum absolute atomic E-state index is 15.1. The fraction of sp³-hybridized carbons (Fsp3) is 0.435. The standard InChI is InChI=1S/C46H57N13O8S2/c1-3-24(2)40-46(67)58-22-26(59-23-33(56-57-59)35-13-14-37(69-35)36-12-8-16-68-36)18-34(58)45(66)54-31(17-25-21-51-29-10-5-4-9-27(25)29)43(64)52-30(41(49)62)11-6-7-15-50-39(61)19-28(47)42(63)53-32(20-38(48)60)44(65)55-40/h4-5,8-10,12-14,16,21,23-24,26,28,30-32,34,40,51H,3,6-7,11,15,17-20,22,47H2,1-2H3,(H2,48,60)(H2,49,62)(H,50,61)(H,52,64)(H,53,63)(H,54,66)(H,55,65)/t24?,26-,28-,30-,31-,32-,34-,40-/m0/s1. The molecule has 21 nitrogen and oxygen atoms in total. The van der Waals surface area contributed by atoms with Crippen LogP contribution in [-0.4, -0.2) is 121 Å². The van der Waals surface area contributed by atoms with E-state index >= 15 is 4.79 Å². The number of aromatic nitrogens is 4. The van der Waals surface area contributed by atoms with E-state index in [1.807, 2.05) is 53.9 Å². The van der Waals surface area contributed by atoms with Crippen molar-refractivity contribution >= 4 is 80.8 Å². The second-order valence-corrected chi connectivity index (χ2v) is 19.5. The molecule has 69 heavy (non-hydrogen) atoms. The van der Waals surface area contributed by atoms with Gasteiger partial charge in [-0.3, -0.25) is 38.4 Å². The van der Waals surface area contributed by atoms with Gasteiger partial charge in [-0.15, -0.1) is 27.8 Å². The normalized spacial score (nSPS) is 24.4. The molecule has 2 aliphatic heterocycles. The van der Waals surface area contributed by atoms with Crippen LogP contribution >= 0.6 is 22.7 Å². The van der Waals surface area contributed by atoms with Crippen molar-refractivity contribution in [2.45, 2.75) is 108 Å². The van der Waals surface area contributed by atoms with Crippen LogP contribution < -0.4 is 43.8 Å². The molecular formula is C46H57N13O8S2. The molecule has 2 saturated heterocycles. The number of rotatable bonds is 10. The van der Waals surface area contributed by atoms with E-state index in [2.05, 4.69) is 41.9 Å². The van der Waals surface area contributed by atoms with Gasteiger partial charge in [0.1, 0.15) is 35.9 Å². The molecule has 12 N–H and O–H groups in total. The third kappa shape index (κ3) is 12.2. The van der Waals surface area contributed by atoms with Crippen LogP contribution in [0.15, 0.2) is 66.3 Å². The number of aromatic amines is 1. The molecule has 5 aromatic rings. The van der Waals surface area contributed by atoms with Crippen molar-refractivity contribution in [2.75, 3.05) is 13.1 Å². The minimum absolute atomic E-state index is 0.0166. The first-order chi connectivity index (χ1) is 33.1. The Kier molecular flexibility index (Phi) is 16.2. The van der Waals surface area contributed by atoms with Crippen molar-refractivity contribution in [2.24, 2.45) is 23.1 Å². The molecule has 0 saturated carbocycles. The quantitative estimate of drug-likeness (QED) is 0.0950. The van der Waals surface area contributed by atoms with Crippen LogP contribution in [-0.2, 0) is 44.8 Å². The molecular weight excluding hydrogens is 927 g/mol. The van der Waals surface area contributed by atoms with Crippen molar-refractivity contribution in [3.63, 3.8) is 0 Å². The second kappa shape index (κ2) is 22.4. The smallest absolute Gasteiger partial charge is 0.246 e. The molecule has 2 aliphatic rings. The summed E-state index contributed by atoms with van der Waals surface area (Å²) in [5.41, 5.74) is 19.4. The van der Waals surface area contributed by atoms with Crippen LogP contribution in [0.1, 0.15) is 70.4 Å². The van der Waals surface area contributed by atoms with Gasteiger partial charge in [-0.25, -0.2) is 4.68 Å². The summed E-state index contributed by atoms with van der Waals surface area (Å²) in [6.45, 7) is 3.58. The van der Waals surface area contributed by atoms with E-state index in [0.29, 0.717) is 30.5 Å². The highest BCUT2D eigenvalue weighted by Crippen LogP contribution is 2.37. The Morgan fingerprint density at radius 1 is 0.870 bits per heavy atom. The summed E-state index contributed by atoms with van der Waals surface area (Å²) in [6, 6.07) is 6.78. The summed E-state index contributed by atoms with van der Waals surface area (Å²) in [5, 5.41) is 25.1. The van der Waals surface area contributed by atoms with E-state index in [1.165, 1.54) is 4.90 Å². The van der Waals surface area contributed by atoms with Gasteiger partial charge in [0.15, 0.2) is 0 Å². The number of benzene rings is 1. The Balaban J connectivity index is 1.25. The topological polar surface area (TPSA) is 325 Å². The number of nitrogens with two attached hydrogens (primary N) is 3. The Labute approximate surface area is 405 Å². The first kappa shape index (κ1) is 49.9. The number of primary amides is 2. The second-order valence-electron chi connectivity index (χ2n) is 17.5. The average Bonchev–Trinajstić information content (AvgIpc) is 4.19. The van der Waals surface area contributed by atoms with Crippen molar-refractivity contribution in [1.29, 1.82) is 0 Å². The molecule has 0 aliphatic carbocycles. The van der Waals surface area contributed by atoms with Crippen LogP contribution in [0.4, 0.5) is 0 Å². The number of hydrogen-bond donors (Lipinski definition) is 9. The molecule has 8 amide bonds.